The quantitative estimate of drug-likeness (QED) is 0.906. The van der Waals surface area contributed by atoms with Crippen molar-refractivity contribution in [2.75, 3.05) is 27.2 Å². The molecule has 1 N–H and O–H groups in total. The molecule has 0 bridgehead atoms. The van der Waals surface area contributed by atoms with E-state index in [9.17, 15) is 12.8 Å². The van der Waals surface area contributed by atoms with Gasteiger partial charge in [-0.1, -0.05) is 0 Å². The van der Waals surface area contributed by atoms with Gasteiger partial charge in [-0.3, -0.25) is 0 Å². The molecule has 0 spiro atoms. The second kappa shape index (κ2) is 7.40. The number of rotatable bonds is 4. The van der Waals surface area contributed by atoms with Crippen LogP contribution in [0.3, 0.4) is 0 Å². The molecule has 0 unspecified atom stereocenters. The molecule has 1 saturated heterocycles. The minimum absolute atomic E-state index is 0. The highest BCUT2D eigenvalue weighted by Crippen LogP contribution is 2.25. The average molecular weight is 339 g/mol. The second-order valence-electron chi connectivity index (χ2n) is 4.80. The normalized spacial score (nSPS) is 16.6. The Morgan fingerprint density at radius 1 is 1.33 bits per heavy atom. The Hall–Kier alpha value is -0.890. The van der Waals surface area contributed by atoms with Crippen LogP contribution in [-0.2, 0) is 10.0 Å². The number of nitrogens with one attached hydrogen (secondary N) is 1. The van der Waals surface area contributed by atoms with Gasteiger partial charge in [-0.05, 0) is 38.1 Å². The van der Waals surface area contributed by atoms with E-state index in [0.29, 0.717) is 0 Å². The molecule has 0 aromatic heterocycles. The van der Waals surface area contributed by atoms with E-state index in [1.54, 1.807) is 7.05 Å². The van der Waals surface area contributed by atoms with E-state index in [1.807, 2.05) is 0 Å². The van der Waals surface area contributed by atoms with Crippen LogP contribution in [0.5, 0.6) is 5.75 Å². The lowest BCUT2D eigenvalue weighted by Gasteiger charge is -2.30. The number of benzene rings is 1. The zero-order valence-electron chi connectivity index (χ0n) is 12.0. The summed E-state index contributed by atoms with van der Waals surface area (Å²) in [6.45, 7) is 1.61. The maximum absolute atomic E-state index is 13.4. The third kappa shape index (κ3) is 3.85. The summed E-state index contributed by atoms with van der Waals surface area (Å²) in [4.78, 5) is 0.0526. The monoisotopic (exact) mass is 338 g/mol. The SMILES string of the molecule is COc1cc(S(=O)(=O)N(C)C2CCNCC2)ccc1F.Cl. The topological polar surface area (TPSA) is 58.6 Å². The molecule has 1 aliphatic heterocycles. The van der Waals surface area contributed by atoms with Gasteiger partial charge in [0.25, 0.3) is 0 Å². The summed E-state index contributed by atoms with van der Waals surface area (Å²) in [6, 6.07) is 3.58. The molecule has 0 atom stereocenters. The van der Waals surface area contributed by atoms with Gasteiger partial charge in [-0.2, -0.15) is 4.31 Å². The van der Waals surface area contributed by atoms with Crippen molar-refractivity contribution in [1.29, 1.82) is 0 Å². The summed E-state index contributed by atoms with van der Waals surface area (Å²) in [7, 11) is -0.748. The number of hydrogen-bond acceptors (Lipinski definition) is 4. The first-order chi connectivity index (χ1) is 9.46. The Kier molecular flexibility index (Phi) is 6.40. The maximum Gasteiger partial charge on any atom is 0.243 e. The van der Waals surface area contributed by atoms with Crippen LogP contribution in [0.4, 0.5) is 4.39 Å². The average Bonchev–Trinajstić information content (AvgIpc) is 2.47. The van der Waals surface area contributed by atoms with Gasteiger partial charge >= 0.3 is 0 Å². The van der Waals surface area contributed by atoms with Crippen LogP contribution in [0.25, 0.3) is 0 Å². The highest BCUT2D eigenvalue weighted by atomic mass is 35.5. The maximum atomic E-state index is 13.4. The Balaban J connectivity index is 0.00000220. The molecule has 1 fully saturated rings. The lowest BCUT2D eigenvalue weighted by atomic mass is 10.1. The fraction of sp³-hybridized carbons (Fsp3) is 0.538. The Bertz CT molecular complexity index is 577. The first-order valence-electron chi connectivity index (χ1n) is 6.49. The van der Waals surface area contributed by atoms with Crippen molar-refractivity contribution in [3.05, 3.63) is 24.0 Å². The van der Waals surface area contributed by atoms with E-state index in [4.69, 9.17) is 4.74 Å². The first-order valence-corrected chi connectivity index (χ1v) is 7.93. The minimum atomic E-state index is -3.63. The van der Waals surface area contributed by atoms with Crippen molar-refractivity contribution < 1.29 is 17.5 Å². The predicted molar refractivity (Wildman–Crippen MR) is 81.0 cm³/mol. The number of piperidine rings is 1. The van der Waals surface area contributed by atoms with Crippen LogP contribution < -0.4 is 10.1 Å². The molecule has 2 rings (SSSR count). The summed E-state index contributed by atoms with van der Waals surface area (Å²) in [6.07, 6.45) is 1.54. The van der Waals surface area contributed by atoms with Crippen LogP contribution in [0.2, 0.25) is 0 Å². The van der Waals surface area contributed by atoms with E-state index in [1.165, 1.54) is 23.5 Å². The molecule has 1 heterocycles. The molecule has 21 heavy (non-hydrogen) atoms. The molecular formula is C13H20ClFN2O3S. The van der Waals surface area contributed by atoms with Crippen molar-refractivity contribution in [2.24, 2.45) is 0 Å². The van der Waals surface area contributed by atoms with Crippen LogP contribution >= 0.6 is 12.4 Å². The minimum Gasteiger partial charge on any atom is -0.494 e. The number of hydrogen-bond donors (Lipinski definition) is 1. The molecule has 120 valence electrons. The zero-order valence-corrected chi connectivity index (χ0v) is 13.6. The van der Waals surface area contributed by atoms with E-state index >= 15 is 0 Å². The standard InChI is InChI=1S/C13H19FN2O3S.ClH/c1-16(10-5-7-15-8-6-10)20(17,18)11-3-4-12(14)13(9-11)19-2;/h3-4,9-10,15H,5-8H2,1-2H3;1H. The number of nitrogens with zero attached hydrogens (tertiary/aromatic N) is 1. The van der Waals surface area contributed by atoms with Gasteiger partial charge in [0.1, 0.15) is 0 Å². The zero-order chi connectivity index (χ0) is 14.8. The summed E-state index contributed by atoms with van der Waals surface area (Å²) < 4.78 is 44.7. The lowest BCUT2D eigenvalue weighted by Crippen LogP contribution is -2.43. The number of sulfonamides is 1. The van der Waals surface area contributed by atoms with Gasteiger partial charge in [0.05, 0.1) is 12.0 Å². The van der Waals surface area contributed by atoms with Crippen molar-refractivity contribution in [3.63, 3.8) is 0 Å². The Morgan fingerprint density at radius 2 is 1.95 bits per heavy atom. The third-order valence-electron chi connectivity index (χ3n) is 3.62. The molecule has 0 amide bonds. The summed E-state index contributed by atoms with van der Waals surface area (Å²) in [5, 5.41) is 3.20. The van der Waals surface area contributed by atoms with Crippen LogP contribution in [0.15, 0.2) is 23.1 Å². The van der Waals surface area contributed by atoms with Crippen molar-refractivity contribution >= 4 is 22.4 Å². The van der Waals surface area contributed by atoms with Gasteiger partial charge in [-0.25, -0.2) is 12.8 Å². The Morgan fingerprint density at radius 3 is 2.52 bits per heavy atom. The summed E-state index contributed by atoms with van der Waals surface area (Å²) in [5.74, 6) is -0.638. The lowest BCUT2D eigenvalue weighted by molar-refractivity contribution is 0.296. The van der Waals surface area contributed by atoms with Crippen LogP contribution in [-0.4, -0.2) is 46.0 Å². The molecule has 8 heteroatoms. The predicted octanol–water partition coefficient (Wildman–Crippen LogP) is 1.63. The number of halogens is 2. The summed E-state index contributed by atoms with van der Waals surface area (Å²) in [5.41, 5.74) is 0. The van der Waals surface area contributed by atoms with E-state index in [0.717, 1.165) is 32.0 Å². The van der Waals surface area contributed by atoms with Gasteiger partial charge in [0.2, 0.25) is 10.0 Å². The van der Waals surface area contributed by atoms with E-state index in [-0.39, 0.29) is 29.1 Å². The fourth-order valence-electron chi connectivity index (χ4n) is 2.33. The van der Waals surface area contributed by atoms with Crippen LogP contribution in [0.1, 0.15) is 12.8 Å². The molecule has 0 aliphatic carbocycles. The largest absolute Gasteiger partial charge is 0.494 e. The smallest absolute Gasteiger partial charge is 0.243 e. The first kappa shape index (κ1) is 18.2. The van der Waals surface area contributed by atoms with Crippen molar-refractivity contribution in [1.82, 2.24) is 9.62 Å². The van der Waals surface area contributed by atoms with Crippen molar-refractivity contribution in [2.45, 2.75) is 23.8 Å². The highest BCUT2D eigenvalue weighted by Gasteiger charge is 2.29. The van der Waals surface area contributed by atoms with E-state index in [2.05, 4.69) is 5.32 Å². The third-order valence-corrected chi connectivity index (χ3v) is 5.53. The molecule has 5 nitrogen and oxygen atoms in total. The highest BCUT2D eigenvalue weighted by molar-refractivity contribution is 7.89. The number of methoxy groups -OCH3 is 1. The van der Waals surface area contributed by atoms with Gasteiger partial charge in [0.15, 0.2) is 11.6 Å². The molecule has 0 radical (unpaired) electrons. The van der Waals surface area contributed by atoms with E-state index < -0.39 is 15.8 Å². The van der Waals surface area contributed by atoms with Gasteiger partial charge in [-0.15, -0.1) is 12.4 Å². The molecular weight excluding hydrogens is 319 g/mol. The number of ether oxygens (including phenoxy) is 1. The van der Waals surface area contributed by atoms with Gasteiger partial charge in [0, 0.05) is 19.2 Å². The molecule has 1 aromatic carbocycles. The molecule has 1 aliphatic rings. The van der Waals surface area contributed by atoms with Gasteiger partial charge < -0.3 is 10.1 Å². The fourth-order valence-corrected chi connectivity index (χ4v) is 3.77. The summed E-state index contributed by atoms with van der Waals surface area (Å²) >= 11 is 0. The molecule has 1 aromatic rings. The second-order valence-corrected chi connectivity index (χ2v) is 6.80. The molecule has 0 saturated carbocycles. The van der Waals surface area contributed by atoms with Crippen LogP contribution in [0, 0.1) is 5.82 Å². The van der Waals surface area contributed by atoms with Crippen molar-refractivity contribution in [3.8, 4) is 5.75 Å². The Labute approximate surface area is 130 Å².